The van der Waals surface area contributed by atoms with Gasteiger partial charge in [0, 0.05) is 11.1 Å². The Morgan fingerprint density at radius 3 is 2.71 bits per heavy atom. The monoisotopic (exact) mass is 329 g/mol. The quantitative estimate of drug-likeness (QED) is 0.712. The first-order chi connectivity index (χ1) is 9.78. The molecule has 1 aromatic rings. The van der Waals surface area contributed by atoms with Crippen LogP contribution in [0.3, 0.4) is 0 Å². The van der Waals surface area contributed by atoms with E-state index in [1.807, 2.05) is 12.3 Å². The van der Waals surface area contributed by atoms with Gasteiger partial charge in [-0.15, -0.1) is 11.3 Å². The number of hydrogen-bond acceptors (Lipinski definition) is 7. The predicted molar refractivity (Wildman–Crippen MR) is 79.3 cm³/mol. The van der Waals surface area contributed by atoms with Crippen LogP contribution in [0.25, 0.3) is 5.57 Å². The molecule has 3 heterocycles. The largest absolute Gasteiger partial charge is 0.510 e. The van der Waals surface area contributed by atoms with E-state index in [1.54, 1.807) is 0 Å². The molecule has 1 fully saturated rings. The van der Waals surface area contributed by atoms with Crippen molar-refractivity contribution in [1.29, 1.82) is 5.41 Å². The number of nitrogens with zero attached hydrogens (tertiary/aromatic N) is 2. The SMILES string of the molecule is Cc1csc(C2=C(O)CN([C@H]3CS(=O)(=O)C[C@H]3O)C2=N)n1. The summed E-state index contributed by atoms with van der Waals surface area (Å²) in [4.78, 5) is 5.70. The Bertz CT molecular complexity index is 737. The zero-order valence-corrected chi connectivity index (χ0v) is 12.9. The van der Waals surface area contributed by atoms with Crippen molar-refractivity contribution in [2.75, 3.05) is 18.1 Å². The molecule has 9 heteroatoms. The van der Waals surface area contributed by atoms with Crippen LogP contribution in [-0.4, -0.2) is 64.5 Å². The minimum absolute atomic E-state index is 0.00847. The zero-order chi connectivity index (χ0) is 15.4. The zero-order valence-electron chi connectivity index (χ0n) is 11.3. The standard InChI is InChI=1S/C12H15N3O4S2/c1-6-3-20-12(14-6)10-8(16)2-15(11(10)13)7-4-21(18,19)5-9(7)17/h3,7,9,13,16-17H,2,4-5H2,1H3/t7-,9+/m0/s1. The molecule has 3 rings (SSSR count). The van der Waals surface area contributed by atoms with E-state index in [9.17, 15) is 18.6 Å². The second kappa shape index (κ2) is 4.79. The van der Waals surface area contributed by atoms with E-state index in [1.165, 1.54) is 16.2 Å². The smallest absolute Gasteiger partial charge is 0.155 e. The molecule has 3 N–H and O–H groups in total. The Kier molecular flexibility index (Phi) is 3.30. The Hall–Kier alpha value is -1.45. The number of hydrogen-bond donors (Lipinski definition) is 3. The number of aliphatic hydroxyl groups is 2. The molecule has 2 aliphatic heterocycles. The molecule has 0 unspecified atom stereocenters. The second-order valence-electron chi connectivity index (χ2n) is 5.30. The number of amidine groups is 1. The van der Waals surface area contributed by atoms with Gasteiger partial charge in [0.15, 0.2) is 9.84 Å². The molecule has 114 valence electrons. The summed E-state index contributed by atoms with van der Waals surface area (Å²) < 4.78 is 23.2. The summed E-state index contributed by atoms with van der Waals surface area (Å²) in [6.07, 6.45) is -1.04. The molecule has 2 atom stereocenters. The molecule has 7 nitrogen and oxygen atoms in total. The Morgan fingerprint density at radius 2 is 2.19 bits per heavy atom. The summed E-state index contributed by atoms with van der Waals surface area (Å²) in [6, 6.07) is -0.691. The number of aliphatic hydroxyl groups excluding tert-OH is 2. The molecule has 0 bridgehead atoms. The third-order valence-electron chi connectivity index (χ3n) is 3.66. The van der Waals surface area contributed by atoms with Gasteiger partial charge in [-0.2, -0.15) is 0 Å². The van der Waals surface area contributed by atoms with Crippen LogP contribution in [0, 0.1) is 12.3 Å². The maximum absolute atomic E-state index is 11.6. The van der Waals surface area contributed by atoms with E-state index in [0.29, 0.717) is 10.6 Å². The number of aryl methyl sites for hydroxylation is 1. The van der Waals surface area contributed by atoms with Gasteiger partial charge in [0.25, 0.3) is 0 Å². The number of sulfone groups is 1. The van der Waals surface area contributed by atoms with E-state index in [0.717, 1.165) is 5.69 Å². The minimum Gasteiger partial charge on any atom is -0.510 e. The lowest BCUT2D eigenvalue weighted by molar-refractivity contribution is 0.124. The van der Waals surface area contributed by atoms with Crippen LogP contribution in [-0.2, 0) is 9.84 Å². The van der Waals surface area contributed by atoms with Crippen LogP contribution < -0.4 is 0 Å². The van der Waals surface area contributed by atoms with Gasteiger partial charge >= 0.3 is 0 Å². The van der Waals surface area contributed by atoms with Gasteiger partial charge in [-0.25, -0.2) is 13.4 Å². The van der Waals surface area contributed by atoms with E-state index >= 15 is 0 Å². The van der Waals surface area contributed by atoms with Crippen LogP contribution >= 0.6 is 11.3 Å². The van der Waals surface area contributed by atoms with Crippen molar-refractivity contribution >= 4 is 32.6 Å². The van der Waals surface area contributed by atoms with Gasteiger partial charge in [-0.1, -0.05) is 0 Å². The fourth-order valence-electron chi connectivity index (χ4n) is 2.68. The highest BCUT2D eigenvalue weighted by molar-refractivity contribution is 7.91. The summed E-state index contributed by atoms with van der Waals surface area (Å²) in [6.45, 7) is 1.85. The minimum atomic E-state index is -3.30. The normalized spacial score (nSPS) is 28.7. The first-order valence-corrected chi connectivity index (χ1v) is 9.07. The van der Waals surface area contributed by atoms with E-state index in [4.69, 9.17) is 5.41 Å². The number of nitrogens with one attached hydrogen (secondary N) is 1. The first-order valence-electron chi connectivity index (χ1n) is 6.37. The molecule has 0 amide bonds. The third kappa shape index (κ3) is 2.45. The van der Waals surface area contributed by atoms with Gasteiger partial charge in [0.2, 0.25) is 0 Å². The number of thiazole rings is 1. The summed E-state index contributed by atoms with van der Waals surface area (Å²) >= 11 is 1.32. The van der Waals surface area contributed by atoms with Crippen molar-refractivity contribution < 1.29 is 18.6 Å². The molecule has 2 aliphatic rings. The number of rotatable bonds is 2. The average molecular weight is 329 g/mol. The Balaban J connectivity index is 1.89. The molecule has 0 saturated carbocycles. The van der Waals surface area contributed by atoms with Crippen molar-refractivity contribution in [2.24, 2.45) is 0 Å². The second-order valence-corrected chi connectivity index (χ2v) is 8.32. The summed E-state index contributed by atoms with van der Waals surface area (Å²) in [5.41, 5.74) is 1.12. The molecule has 0 radical (unpaired) electrons. The van der Waals surface area contributed by atoms with Gasteiger partial charge in [-0.3, -0.25) is 5.41 Å². The lowest BCUT2D eigenvalue weighted by Crippen LogP contribution is -2.44. The van der Waals surface area contributed by atoms with Crippen LogP contribution in [0.15, 0.2) is 11.1 Å². The summed E-state index contributed by atoms with van der Waals surface area (Å²) in [5, 5.41) is 30.6. The van der Waals surface area contributed by atoms with Crippen molar-refractivity contribution in [3.8, 4) is 0 Å². The maximum Gasteiger partial charge on any atom is 0.155 e. The molecular formula is C12H15N3O4S2. The van der Waals surface area contributed by atoms with Gasteiger partial charge < -0.3 is 15.1 Å². The highest BCUT2D eigenvalue weighted by atomic mass is 32.2. The fraction of sp³-hybridized carbons (Fsp3) is 0.500. The van der Waals surface area contributed by atoms with Crippen LogP contribution in [0.5, 0.6) is 0 Å². The van der Waals surface area contributed by atoms with E-state index in [-0.39, 0.29) is 29.6 Å². The van der Waals surface area contributed by atoms with Crippen molar-refractivity contribution in [3.05, 3.63) is 21.8 Å². The molecule has 0 spiro atoms. The molecule has 1 aromatic heterocycles. The fourth-order valence-corrected chi connectivity index (χ4v) is 5.35. The first kappa shape index (κ1) is 14.5. The van der Waals surface area contributed by atoms with Crippen molar-refractivity contribution in [3.63, 3.8) is 0 Å². The lowest BCUT2D eigenvalue weighted by atomic mass is 10.2. The topological polar surface area (TPSA) is 115 Å². The van der Waals surface area contributed by atoms with Crippen molar-refractivity contribution in [2.45, 2.75) is 19.1 Å². The lowest BCUT2D eigenvalue weighted by Gasteiger charge is -2.27. The molecule has 0 aromatic carbocycles. The maximum atomic E-state index is 11.6. The predicted octanol–water partition coefficient (Wildman–Crippen LogP) is 0.171. The molecule has 1 saturated heterocycles. The van der Waals surface area contributed by atoms with E-state index < -0.39 is 22.0 Å². The van der Waals surface area contributed by atoms with Crippen LogP contribution in [0.4, 0.5) is 0 Å². The highest BCUT2D eigenvalue weighted by Gasteiger charge is 2.44. The van der Waals surface area contributed by atoms with Gasteiger partial charge in [-0.05, 0) is 6.92 Å². The Labute approximate surface area is 126 Å². The molecule has 0 aliphatic carbocycles. The average Bonchev–Trinajstić information content (AvgIpc) is 2.97. The molecule has 21 heavy (non-hydrogen) atoms. The number of aromatic nitrogens is 1. The van der Waals surface area contributed by atoms with Gasteiger partial charge in [0.1, 0.15) is 16.6 Å². The summed E-state index contributed by atoms with van der Waals surface area (Å²) in [7, 11) is -3.30. The Morgan fingerprint density at radius 1 is 1.48 bits per heavy atom. The van der Waals surface area contributed by atoms with Crippen molar-refractivity contribution in [1.82, 2.24) is 9.88 Å². The molecular weight excluding hydrogens is 314 g/mol. The van der Waals surface area contributed by atoms with Crippen LogP contribution in [0.1, 0.15) is 10.7 Å². The third-order valence-corrected chi connectivity index (χ3v) is 6.34. The van der Waals surface area contributed by atoms with Gasteiger partial charge in [0.05, 0.1) is 35.8 Å². The summed E-state index contributed by atoms with van der Waals surface area (Å²) in [5.74, 6) is -0.490. The van der Waals surface area contributed by atoms with Crippen LogP contribution in [0.2, 0.25) is 0 Å². The van der Waals surface area contributed by atoms with E-state index in [2.05, 4.69) is 4.98 Å². The highest BCUT2D eigenvalue weighted by Crippen LogP contribution is 2.32.